The van der Waals surface area contributed by atoms with Crippen molar-refractivity contribution >= 4 is 12.2 Å². The molecule has 2 saturated heterocycles. The van der Waals surface area contributed by atoms with Crippen LogP contribution < -0.4 is 0 Å². The third kappa shape index (κ3) is 3.20. The van der Waals surface area contributed by atoms with Crippen LogP contribution in [0.4, 0.5) is 4.79 Å². The highest BCUT2D eigenvalue weighted by Gasteiger charge is 2.51. The Morgan fingerprint density at radius 1 is 0.914 bits per heavy atom. The summed E-state index contributed by atoms with van der Waals surface area (Å²) in [5.74, 6) is 0.0603. The van der Waals surface area contributed by atoms with Crippen LogP contribution in [0.3, 0.4) is 0 Å². The van der Waals surface area contributed by atoms with Crippen LogP contribution in [0.15, 0.2) is 72.8 Å². The Bertz CT molecular complexity index is 1300. The van der Waals surface area contributed by atoms with Gasteiger partial charge in [-0.25, -0.2) is 4.79 Å². The molecule has 0 radical (unpaired) electrons. The zero-order valence-electron chi connectivity index (χ0n) is 19.7. The first-order chi connectivity index (χ1) is 17.1. The molecule has 2 bridgehead atoms. The largest absolute Gasteiger partial charge is 0.448 e. The van der Waals surface area contributed by atoms with Crippen LogP contribution in [0, 0.1) is 0 Å². The lowest BCUT2D eigenvalue weighted by atomic mass is 9.78. The second-order valence-electron chi connectivity index (χ2n) is 10.5. The first kappa shape index (κ1) is 21.0. The molecule has 2 heterocycles. The number of nitrogens with zero attached hydrogens (tertiary/aromatic N) is 1. The van der Waals surface area contributed by atoms with E-state index in [9.17, 15) is 9.90 Å². The van der Waals surface area contributed by atoms with Crippen LogP contribution in [-0.2, 0) is 16.8 Å². The van der Waals surface area contributed by atoms with Crippen molar-refractivity contribution in [2.45, 2.75) is 55.7 Å². The van der Waals surface area contributed by atoms with Crippen molar-refractivity contribution in [3.05, 3.63) is 101 Å². The maximum Gasteiger partial charge on any atom is 0.410 e. The topological polar surface area (TPSA) is 49.8 Å². The molecular formula is C31H29NO3. The number of hydrogen-bond acceptors (Lipinski definition) is 3. The number of ether oxygens (including phenoxy) is 1. The van der Waals surface area contributed by atoms with Gasteiger partial charge >= 0.3 is 6.09 Å². The number of rotatable bonds is 3. The van der Waals surface area contributed by atoms with Gasteiger partial charge < -0.3 is 14.7 Å². The number of allylic oxidation sites excluding steroid dienone is 1. The van der Waals surface area contributed by atoms with Gasteiger partial charge in [-0.1, -0.05) is 78.9 Å². The first-order valence-electron chi connectivity index (χ1n) is 12.8. The lowest BCUT2D eigenvalue weighted by Crippen LogP contribution is -2.52. The van der Waals surface area contributed by atoms with E-state index in [2.05, 4.69) is 72.8 Å². The summed E-state index contributed by atoms with van der Waals surface area (Å²) < 4.78 is 6.00. The molecule has 2 atom stereocenters. The quantitative estimate of drug-likeness (QED) is 0.517. The third-order valence-electron chi connectivity index (χ3n) is 8.65. The minimum Gasteiger partial charge on any atom is -0.448 e. The minimum absolute atomic E-state index is 0.0135. The van der Waals surface area contributed by atoms with Crippen molar-refractivity contribution in [3.63, 3.8) is 0 Å². The van der Waals surface area contributed by atoms with Gasteiger partial charge in [0.15, 0.2) is 0 Å². The Morgan fingerprint density at radius 2 is 1.57 bits per heavy atom. The number of benzene rings is 3. The van der Waals surface area contributed by atoms with Gasteiger partial charge in [0, 0.05) is 30.8 Å². The standard InChI is InChI=1S/C31H29NO3/c33-30(35-19-28-26-11-3-1-9-24(26)25-10-2-4-12-27(25)28)32-21-15-16-22(32)18-31(34,17-21)29-14-6-8-20-7-5-13-23(20)29/h1-12,14,21-22,28,34H,13,15-19H2. The second kappa shape index (κ2) is 7.82. The fraction of sp³-hybridized carbons (Fsp3) is 0.323. The molecule has 3 aromatic carbocycles. The Morgan fingerprint density at radius 3 is 2.26 bits per heavy atom. The van der Waals surface area contributed by atoms with Crippen LogP contribution >= 0.6 is 0 Å². The molecule has 35 heavy (non-hydrogen) atoms. The SMILES string of the molecule is O=C(OCC1c2ccccc2-c2ccccc21)N1C2CCC1CC(O)(c1cccc3c1CC=C3)C2. The smallest absolute Gasteiger partial charge is 0.410 e. The summed E-state index contributed by atoms with van der Waals surface area (Å²) in [5.41, 5.74) is 7.53. The summed E-state index contributed by atoms with van der Waals surface area (Å²) in [5, 5.41) is 11.8. The first-order valence-corrected chi connectivity index (χ1v) is 12.8. The second-order valence-corrected chi connectivity index (χ2v) is 10.5. The van der Waals surface area contributed by atoms with Gasteiger partial charge in [0.2, 0.25) is 0 Å². The number of amides is 1. The Kier molecular flexibility index (Phi) is 4.68. The van der Waals surface area contributed by atoms with Crippen molar-refractivity contribution in [2.24, 2.45) is 0 Å². The molecule has 0 saturated carbocycles. The minimum atomic E-state index is -0.886. The number of hydrogen-bond donors (Lipinski definition) is 1. The fourth-order valence-electron chi connectivity index (χ4n) is 7.14. The van der Waals surface area contributed by atoms with Crippen LogP contribution in [0.25, 0.3) is 17.2 Å². The molecular weight excluding hydrogens is 434 g/mol. The number of aliphatic hydroxyl groups is 1. The number of piperidine rings is 1. The molecule has 4 aliphatic rings. The lowest BCUT2D eigenvalue weighted by molar-refractivity contribution is -0.0535. The van der Waals surface area contributed by atoms with Crippen molar-refractivity contribution in [3.8, 4) is 11.1 Å². The summed E-state index contributed by atoms with van der Waals surface area (Å²) >= 11 is 0. The zero-order chi connectivity index (χ0) is 23.6. The van der Waals surface area contributed by atoms with Gasteiger partial charge in [0.05, 0.1) is 5.60 Å². The molecule has 176 valence electrons. The van der Waals surface area contributed by atoms with E-state index in [0.29, 0.717) is 19.4 Å². The predicted molar refractivity (Wildman–Crippen MR) is 136 cm³/mol. The molecule has 4 heteroatoms. The molecule has 2 aliphatic carbocycles. The molecule has 1 amide bonds. The van der Waals surface area contributed by atoms with Crippen molar-refractivity contribution in [2.75, 3.05) is 6.61 Å². The Labute approximate surface area is 205 Å². The van der Waals surface area contributed by atoms with E-state index in [-0.39, 0.29) is 24.1 Å². The molecule has 0 spiro atoms. The highest BCUT2D eigenvalue weighted by atomic mass is 16.6. The monoisotopic (exact) mass is 463 g/mol. The van der Waals surface area contributed by atoms with Gasteiger partial charge in [0.25, 0.3) is 0 Å². The van der Waals surface area contributed by atoms with Gasteiger partial charge in [-0.2, -0.15) is 0 Å². The molecule has 2 fully saturated rings. The summed E-state index contributed by atoms with van der Waals surface area (Å²) in [4.78, 5) is 15.3. The molecule has 3 aromatic rings. The summed E-state index contributed by atoms with van der Waals surface area (Å²) in [6.45, 7) is 0.338. The molecule has 4 nitrogen and oxygen atoms in total. The van der Waals surface area contributed by atoms with E-state index in [1.807, 2.05) is 11.0 Å². The lowest BCUT2D eigenvalue weighted by Gasteiger charge is -2.44. The fourth-order valence-corrected chi connectivity index (χ4v) is 7.14. The van der Waals surface area contributed by atoms with Gasteiger partial charge in [-0.15, -0.1) is 0 Å². The van der Waals surface area contributed by atoms with Crippen molar-refractivity contribution in [1.82, 2.24) is 4.90 Å². The van der Waals surface area contributed by atoms with E-state index in [0.717, 1.165) is 24.8 Å². The Balaban J connectivity index is 1.10. The molecule has 2 unspecified atom stereocenters. The molecule has 2 aliphatic heterocycles. The predicted octanol–water partition coefficient (Wildman–Crippen LogP) is 6.02. The number of carbonyl (C=O) groups is 1. The summed E-state index contributed by atoms with van der Waals surface area (Å²) in [7, 11) is 0. The summed E-state index contributed by atoms with van der Waals surface area (Å²) in [6.07, 6.45) is 7.93. The molecule has 7 rings (SSSR count). The van der Waals surface area contributed by atoms with Gasteiger partial charge in [-0.05, 0) is 58.2 Å². The third-order valence-corrected chi connectivity index (χ3v) is 8.65. The van der Waals surface area contributed by atoms with Crippen LogP contribution in [0.2, 0.25) is 0 Å². The number of carbonyl (C=O) groups excluding carboxylic acids is 1. The van der Waals surface area contributed by atoms with Crippen LogP contribution in [0.1, 0.15) is 59.4 Å². The van der Waals surface area contributed by atoms with Crippen LogP contribution in [-0.4, -0.2) is 34.8 Å². The van der Waals surface area contributed by atoms with E-state index in [1.54, 1.807) is 0 Å². The van der Waals surface area contributed by atoms with E-state index < -0.39 is 5.60 Å². The Hall–Kier alpha value is -3.37. The normalized spacial score (nSPS) is 25.9. The average Bonchev–Trinajstić information content (AvgIpc) is 3.56. The van der Waals surface area contributed by atoms with Crippen molar-refractivity contribution < 1.29 is 14.6 Å². The van der Waals surface area contributed by atoms with Gasteiger partial charge in [-0.3, -0.25) is 0 Å². The maximum atomic E-state index is 13.4. The van der Waals surface area contributed by atoms with Gasteiger partial charge in [0.1, 0.15) is 6.61 Å². The highest BCUT2D eigenvalue weighted by Crippen LogP contribution is 2.48. The van der Waals surface area contributed by atoms with E-state index >= 15 is 0 Å². The van der Waals surface area contributed by atoms with Crippen LogP contribution in [0.5, 0.6) is 0 Å². The average molecular weight is 464 g/mol. The molecule has 0 aromatic heterocycles. The van der Waals surface area contributed by atoms with E-state index in [4.69, 9.17) is 4.74 Å². The highest BCUT2D eigenvalue weighted by molar-refractivity contribution is 5.79. The van der Waals surface area contributed by atoms with Crippen molar-refractivity contribution in [1.29, 1.82) is 0 Å². The molecule has 1 N–H and O–H groups in total. The zero-order valence-corrected chi connectivity index (χ0v) is 19.7. The van der Waals surface area contributed by atoms with E-state index in [1.165, 1.54) is 33.4 Å². The number of fused-ring (bicyclic) bond motifs is 6. The summed E-state index contributed by atoms with van der Waals surface area (Å²) in [6, 6.07) is 23.1. The maximum absolute atomic E-state index is 13.4.